The molecule has 2 rings (SSSR count). The third kappa shape index (κ3) is 1.54. The molecule has 1 N–H and O–H groups in total. The van der Waals surface area contributed by atoms with Gasteiger partial charge in [0.15, 0.2) is 0 Å². The summed E-state index contributed by atoms with van der Waals surface area (Å²) in [6, 6.07) is 5.17. The molecule has 0 amide bonds. The predicted molar refractivity (Wildman–Crippen MR) is 57.3 cm³/mol. The van der Waals surface area contributed by atoms with Crippen molar-refractivity contribution in [2.45, 2.75) is 6.92 Å². The van der Waals surface area contributed by atoms with E-state index in [9.17, 15) is 4.39 Å². The monoisotopic (exact) mass is 194 g/mol. The van der Waals surface area contributed by atoms with Crippen LogP contribution < -0.4 is 10.2 Å². The minimum atomic E-state index is -0.147. The average Bonchev–Trinajstić information content (AvgIpc) is 2.27. The summed E-state index contributed by atoms with van der Waals surface area (Å²) in [4.78, 5) is 1.98. The maximum absolute atomic E-state index is 13.5. The number of nitrogens with zero attached hydrogens (tertiary/aromatic N) is 1. The molecule has 0 fully saturated rings. The molecule has 3 heteroatoms. The summed E-state index contributed by atoms with van der Waals surface area (Å²) in [5.41, 5.74) is 1.59. The molecule has 1 aromatic carbocycles. The lowest BCUT2D eigenvalue weighted by atomic mass is 10.2. The second-order valence-corrected chi connectivity index (χ2v) is 4.00. The first-order chi connectivity index (χ1) is 6.68. The van der Waals surface area contributed by atoms with Gasteiger partial charge in [0.2, 0.25) is 0 Å². The predicted octanol–water partition coefficient (Wildman–Crippen LogP) is 2.32. The molecule has 0 saturated carbocycles. The van der Waals surface area contributed by atoms with Crippen molar-refractivity contribution < 1.29 is 4.39 Å². The second kappa shape index (κ2) is 3.48. The van der Waals surface area contributed by atoms with E-state index in [1.807, 2.05) is 18.0 Å². The minimum absolute atomic E-state index is 0.147. The lowest BCUT2D eigenvalue weighted by Gasteiger charge is -2.20. The molecule has 0 radical (unpaired) electrons. The van der Waals surface area contributed by atoms with Crippen molar-refractivity contribution in [2.75, 3.05) is 30.4 Å². The Morgan fingerprint density at radius 3 is 3.07 bits per heavy atom. The molecule has 0 aliphatic carbocycles. The van der Waals surface area contributed by atoms with Gasteiger partial charge in [0.1, 0.15) is 5.82 Å². The zero-order valence-corrected chi connectivity index (χ0v) is 8.55. The Hall–Kier alpha value is -1.25. The highest BCUT2D eigenvalue weighted by molar-refractivity contribution is 5.71. The van der Waals surface area contributed by atoms with Gasteiger partial charge < -0.3 is 10.2 Å². The molecule has 0 bridgehead atoms. The maximum Gasteiger partial charge on any atom is 0.148 e. The molecule has 14 heavy (non-hydrogen) atoms. The van der Waals surface area contributed by atoms with Gasteiger partial charge in [-0.3, -0.25) is 0 Å². The van der Waals surface area contributed by atoms with Gasteiger partial charge in [0.25, 0.3) is 0 Å². The van der Waals surface area contributed by atoms with Crippen molar-refractivity contribution in [3.05, 3.63) is 24.0 Å². The van der Waals surface area contributed by atoms with Crippen LogP contribution in [-0.2, 0) is 0 Å². The Labute approximate surface area is 83.7 Å². The molecular weight excluding hydrogens is 179 g/mol. The van der Waals surface area contributed by atoms with Crippen LogP contribution in [0.25, 0.3) is 0 Å². The summed E-state index contributed by atoms with van der Waals surface area (Å²) in [6.45, 7) is 3.95. The van der Waals surface area contributed by atoms with Crippen LogP contribution in [0.4, 0.5) is 15.8 Å². The van der Waals surface area contributed by atoms with E-state index in [0.29, 0.717) is 11.6 Å². The van der Waals surface area contributed by atoms with E-state index in [4.69, 9.17) is 0 Å². The quantitative estimate of drug-likeness (QED) is 0.682. The zero-order valence-electron chi connectivity index (χ0n) is 8.55. The summed E-state index contributed by atoms with van der Waals surface area (Å²) in [7, 11) is 1.94. The van der Waals surface area contributed by atoms with Crippen LogP contribution in [0, 0.1) is 11.7 Å². The SMILES string of the molecule is CC1CNc2cccc(F)c2N(C)C1. The van der Waals surface area contributed by atoms with Crippen molar-refractivity contribution in [2.24, 2.45) is 5.92 Å². The fraction of sp³-hybridized carbons (Fsp3) is 0.455. The molecule has 1 aromatic rings. The molecule has 0 aromatic heterocycles. The number of benzene rings is 1. The summed E-state index contributed by atoms with van der Waals surface area (Å²) < 4.78 is 13.5. The number of anilines is 2. The molecule has 1 heterocycles. The van der Waals surface area contributed by atoms with Crippen molar-refractivity contribution in [1.82, 2.24) is 0 Å². The number of hydrogen-bond donors (Lipinski definition) is 1. The van der Waals surface area contributed by atoms with Gasteiger partial charge in [-0.2, -0.15) is 0 Å². The van der Waals surface area contributed by atoms with Crippen LogP contribution in [0.15, 0.2) is 18.2 Å². The fourth-order valence-corrected chi connectivity index (χ4v) is 1.95. The first-order valence-electron chi connectivity index (χ1n) is 4.92. The van der Waals surface area contributed by atoms with Gasteiger partial charge in [-0.05, 0) is 18.1 Å². The Kier molecular flexibility index (Phi) is 2.32. The van der Waals surface area contributed by atoms with Crippen LogP contribution in [0.3, 0.4) is 0 Å². The summed E-state index contributed by atoms with van der Waals surface area (Å²) >= 11 is 0. The third-order valence-electron chi connectivity index (χ3n) is 2.60. The molecule has 1 aliphatic rings. The molecule has 1 aliphatic heterocycles. The smallest absolute Gasteiger partial charge is 0.148 e. The Balaban J connectivity index is 2.44. The van der Waals surface area contributed by atoms with E-state index in [1.54, 1.807) is 6.07 Å². The first kappa shape index (κ1) is 9.31. The lowest BCUT2D eigenvalue weighted by Crippen LogP contribution is -2.24. The highest BCUT2D eigenvalue weighted by atomic mass is 19.1. The van der Waals surface area contributed by atoms with Crippen LogP contribution in [0.2, 0.25) is 0 Å². The standard InChI is InChI=1S/C11H15FN2/c1-8-6-13-10-5-3-4-9(12)11(10)14(2)7-8/h3-5,8,13H,6-7H2,1-2H3. The number of rotatable bonds is 0. The summed E-state index contributed by atoms with van der Waals surface area (Å²) in [5, 5.41) is 3.26. The van der Waals surface area contributed by atoms with E-state index in [2.05, 4.69) is 12.2 Å². The fourth-order valence-electron chi connectivity index (χ4n) is 1.95. The van der Waals surface area contributed by atoms with Crippen LogP contribution >= 0.6 is 0 Å². The summed E-state index contributed by atoms with van der Waals surface area (Å²) in [6.07, 6.45) is 0. The number of halogens is 1. The van der Waals surface area contributed by atoms with E-state index in [1.165, 1.54) is 6.07 Å². The maximum atomic E-state index is 13.5. The van der Waals surface area contributed by atoms with Crippen molar-refractivity contribution in [3.63, 3.8) is 0 Å². The van der Waals surface area contributed by atoms with Gasteiger partial charge in [-0.25, -0.2) is 4.39 Å². The van der Waals surface area contributed by atoms with Gasteiger partial charge in [-0.15, -0.1) is 0 Å². The van der Waals surface area contributed by atoms with E-state index in [0.717, 1.165) is 18.8 Å². The largest absolute Gasteiger partial charge is 0.383 e. The average molecular weight is 194 g/mol. The summed E-state index contributed by atoms with van der Waals surface area (Å²) in [5.74, 6) is 0.387. The Bertz CT molecular complexity index is 338. The topological polar surface area (TPSA) is 15.3 Å². The Morgan fingerprint density at radius 2 is 2.29 bits per heavy atom. The van der Waals surface area contributed by atoms with Gasteiger partial charge in [-0.1, -0.05) is 13.0 Å². The lowest BCUT2D eigenvalue weighted by molar-refractivity contribution is 0.597. The molecule has 76 valence electrons. The van der Waals surface area contributed by atoms with Crippen LogP contribution in [0.1, 0.15) is 6.92 Å². The van der Waals surface area contributed by atoms with Crippen LogP contribution in [-0.4, -0.2) is 20.1 Å². The molecule has 0 spiro atoms. The van der Waals surface area contributed by atoms with Gasteiger partial charge in [0.05, 0.1) is 11.4 Å². The van der Waals surface area contributed by atoms with Crippen molar-refractivity contribution in [3.8, 4) is 0 Å². The van der Waals surface area contributed by atoms with Crippen molar-refractivity contribution >= 4 is 11.4 Å². The van der Waals surface area contributed by atoms with Crippen molar-refractivity contribution in [1.29, 1.82) is 0 Å². The number of fused-ring (bicyclic) bond motifs is 1. The number of para-hydroxylation sites is 1. The molecular formula is C11H15FN2. The molecule has 1 atom stereocenters. The Morgan fingerprint density at radius 1 is 1.50 bits per heavy atom. The second-order valence-electron chi connectivity index (χ2n) is 4.00. The number of hydrogen-bond acceptors (Lipinski definition) is 2. The molecule has 1 unspecified atom stereocenters. The minimum Gasteiger partial charge on any atom is -0.383 e. The normalized spacial score (nSPS) is 21.1. The van der Waals surface area contributed by atoms with E-state index < -0.39 is 0 Å². The zero-order chi connectivity index (χ0) is 10.1. The molecule has 0 saturated heterocycles. The highest BCUT2D eigenvalue weighted by Gasteiger charge is 2.18. The molecule has 2 nitrogen and oxygen atoms in total. The third-order valence-corrected chi connectivity index (χ3v) is 2.60. The number of nitrogens with one attached hydrogen (secondary N) is 1. The van der Waals surface area contributed by atoms with Gasteiger partial charge in [0, 0.05) is 20.1 Å². The highest BCUT2D eigenvalue weighted by Crippen LogP contribution is 2.30. The van der Waals surface area contributed by atoms with E-state index in [-0.39, 0.29) is 5.82 Å². The van der Waals surface area contributed by atoms with Gasteiger partial charge >= 0.3 is 0 Å². The van der Waals surface area contributed by atoms with Crippen LogP contribution in [0.5, 0.6) is 0 Å². The van der Waals surface area contributed by atoms with E-state index >= 15 is 0 Å². The first-order valence-corrected chi connectivity index (χ1v) is 4.92.